The van der Waals surface area contributed by atoms with E-state index >= 15 is 0 Å². The van der Waals surface area contributed by atoms with Gasteiger partial charge in [0.1, 0.15) is 17.5 Å². The van der Waals surface area contributed by atoms with Gasteiger partial charge in [0, 0.05) is 23.0 Å². The lowest BCUT2D eigenvalue weighted by Gasteiger charge is -2.05. The van der Waals surface area contributed by atoms with Gasteiger partial charge in [-0.3, -0.25) is 4.98 Å². The van der Waals surface area contributed by atoms with Crippen molar-refractivity contribution in [3.8, 4) is 11.4 Å². The molecule has 132 valence electrons. The van der Waals surface area contributed by atoms with Crippen LogP contribution >= 0.6 is 0 Å². The van der Waals surface area contributed by atoms with Gasteiger partial charge in [-0.25, -0.2) is 0 Å². The van der Waals surface area contributed by atoms with Gasteiger partial charge in [0.05, 0.1) is 28.9 Å². The normalized spacial score (nSPS) is 11.6. The first-order valence-corrected chi connectivity index (χ1v) is 9.08. The van der Waals surface area contributed by atoms with Crippen LogP contribution in [-0.4, -0.2) is 14.6 Å². The van der Waals surface area contributed by atoms with Gasteiger partial charge < -0.3 is 8.98 Å². The van der Waals surface area contributed by atoms with Crippen LogP contribution in [0.1, 0.15) is 0 Å². The molecule has 4 aromatic heterocycles. The van der Waals surface area contributed by atoms with Crippen LogP contribution in [0, 0.1) is 0 Å². The van der Waals surface area contributed by atoms with Crippen LogP contribution in [0.5, 0.6) is 0 Å². The monoisotopic (exact) mass is 363 g/mol. The largest absolute Gasteiger partial charge is 0.464 e. The van der Waals surface area contributed by atoms with Crippen LogP contribution in [0.25, 0.3) is 44.1 Å². The zero-order valence-corrected chi connectivity index (χ0v) is 14.9. The van der Waals surface area contributed by atoms with Crippen molar-refractivity contribution >= 4 is 32.8 Å². The van der Waals surface area contributed by atoms with Crippen LogP contribution in [0.15, 0.2) is 96.1 Å². The summed E-state index contributed by atoms with van der Waals surface area (Å²) in [4.78, 5) is 4.20. The molecule has 0 bridgehead atoms. The highest BCUT2D eigenvalue weighted by molar-refractivity contribution is 6.19. The van der Waals surface area contributed by atoms with E-state index in [-0.39, 0.29) is 0 Å². The lowest BCUT2D eigenvalue weighted by Crippen LogP contribution is -2.35. The second kappa shape index (κ2) is 5.76. The van der Waals surface area contributed by atoms with Crippen LogP contribution in [-0.2, 0) is 0 Å². The summed E-state index contributed by atoms with van der Waals surface area (Å²) in [5.41, 5.74) is 5.09. The number of pyridine rings is 1. The smallest absolute Gasteiger partial charge is 0.256 e. The maximum absolute atomic E-state index is 5.84. The highest BCUT2D eigenvalue weighted by Crippen LogP contribution is 2.36. The zero-order valence-electron chi connectivity index (χ0n) is 14.9. The molecule has 5 nitrogen and oxygen atoms in total. The molecule has 0 atom stereocenters. The Morgan fingerprint density at radius 1 is 0.857 bits per heavy atom. The summed E-state index contributed by atoms with van der Waals surface area (Å²) in [5.74, 6) is 0. The Balaban J connectivity index is 1.71. The van der Waals surface area contributed by atoms with Gasteiger partial charge in [0.2, 0.25) is 6.20 Å². The fourth-order valence-electron chi connectivity index (χ4n) is 3.90. The minimum absolute atomic E-state index is 0.915. The molecule has 2 aromatic carbocycles. The van der Waals surface area contributed by atoms with Crippen LogP contribution < -0.4 is 4.68 Å². The van der Waals surface area contributed by atoms with Crippen molar-refractivity contribution in [1.82, 2.24) is 14.6 Å². The first-order valence-electron chi connectivity index (χ1n) is 9.08. The zero-order chi connectivity index (χ0) is 18.5. The molecule has 0 saturated carbocycles. The first-order chi connectivity index (χ1) is 13.9. The van der Waals surface area contributed by atoms with Crippen LogP contribution in [0.2, 0.25) is 0 Å². The topological polar surface area (TPSA) is 47.7 Å². The summed E-state index contributed by atoms with van der Waals surface area (Å²) in [5, 5.41) is 7.87. The van der Waals surface area contributed by atoms with Crippen molar-refractivity contribution in [2.45, 2.75) is 0 Å². The lowest BCUT2D eigenvalue weighted by molar-refractivity contribution is -0.659. The van der Waals surface area contributed by atoms with E-state index in [1.54, 1.807) is 18.7 Å². The van der Waals surface area contributed by atoms with Crippen molar-refractivity contribution in [1.29, 1.82) is 0 Å². The molecule has 0 aliphatic carbocycles. The van der Waals surface area contributed by atoms with E-state index in [0.717, 1.165) is 38.8 Å². The van der Waals surface area contributed by atoms with E-state index in [1.165, 1.54) is 5.39 Å². The quantitative estimate of drug-likeness (QED) is 0.423. The summed E-state index contributed by atoms with van der Waals surface area (Å²) in [6.45, 7) is 0. The molecule has 6 aromatic rings. The van der Waals surface area contributed by atoms with Gasteiger partial charge in [-0.05, 0) is 46.2 Å². The average Bonchev–Trinajstić information content (AvgIpc) is 3.36. The van der Waals surface area contributed by atoms with E-state index in [0.29, 0.717) is 0 Å². The molecule has 0 saturated heterocycles. The number of para-hydroxylation sites is 1. The summed E-state index contributed by atoms with van der Waals surface area (Å²) in [6, 6.07) is 20.6. The lowest BCUT2D eigenvalue weighted by atomic mass is 10.1. The molecule has 4 heterocycles. The number of aromatic nitrogens is 4. The molecular weight excluding hydrogens is 348 g/mol. The average molecular weight is 363 g/mol. The minimum Gasteiger partial charge on any atom is -0.464 e. The number of hydrogen-bond donors (Lipinski definition) is 0. The Morgan fingerprint density at radius 3 is 2.75 bits per heavy atom. The van der Waals surface area contributed by atoms with E-state index < -0.39 is 0 Å². The molecule has 0 N–H and O–H groups in total. The molecule has 0 aliphatic rings. The summed E-state index contributed by atoms with van der Waals surface area (Å²) < 4.78 is 9.94. The Morgan fingerprint density at radius 2 is 1.82 bits per heavy atom. The van der Waals surface area contributed by atoms with E-state index in [1.807, 2.05) is 41.3 Å². The van der Waals surface area contributed by atoms with E-state index in [9.17, 15) is 0 Å². The third-order valence-electron chi connectivity index (χ3n) is 5.11. The van der Waals surface area contributed by atoms with Gasteiger partial charge in [-0.1, -0.05) is 18.2 Å². The predicted octanol–water partition coefficient (Wildman–Crippen LogP) is 4.60. The van der Waals surface area contributed by atoms with Gasteiger partial charge in [-0.15, -0.1) is 0 Å². The minimum atomic E-state index is 0.915. The standard InChI is InChI=1S/C23H15N4O/c1-2-6-20-19(5-1)22-21(8-7-16-10-13-28-23(16)22)27(20)18-9-12-25-26(15-18)17-4-3-11-24-14-17/h1-15H/q+1. The summed E-state index contributed by atoms with van der Waals surface area (Å²) >= 11 is 0. The number of hydrogen-bond acceptors (Lipinski definition) is 3. The maximum atomic E-state index is 5.84. The number of rotatable bonds is 2. The van der Waals surface area contributed by atoms with Crippen molar-refractivity contribution in [2.24, 2.45) is 0 Å². The van der Waals surface area contributed by atoms with Crippen molar-refractivity contribution in [3.63, 3.8) is 0 Å². The van der Waals surface area contributed by atoms with E-state index in [4.69, 9.17) is 4.42 Å². The highest BCUT2D eigenvalue weighted by Gasteiger charge is 2.18. The summed E-state index contributed by atoms with van der Waals surface area (Å²) in [6.07, 6.45) is 9.15. The Bertz CT molecular complexity index is 1460. The number of furan rings is 1. The molecule has 28 heavy (non-hydrogen) atoms. The van der Waals surface area contributed by atoms with Gasteiger partial charge in [0.25, 0.3) is 5.69 Å². The van der Waals surface area contributed by atoms with Crippen LogP contribution in [0.3, 0.4) is 0 Å². The van der Waals surface area contributed by atoms with E-state index in [2.05, 4.69) is 51.0 Å². The fourth-order valence-corrected chi connectivity index (χ4v) is 3.90. The molecule has 5 heteroatoms. The number of nitrogens with zero attached hydrogens (tertiary/aromatic N) is 4. The summed E-state index contributed by atoms with van der Waals surface area (Å²) in [7, 11) is 0. The third kappa shape index (κ3) is 2.10. The Labute approximate surface area is 160 Å². The first kappa shape index (κ1) is 15.1. The number of benzene rings is 2. The van der Waals surface area contributed by atoms with Gasteiger partial charge in [-0.2, -0.15) is 0 Å². The van der Waals surface area contributed by atoms with Crippen molar-refractivity contribution in [2.75, 3.05) is 0 Å². The molecule has 6 rings (SSSR count). The molecular formula is C23H15N4O+. The molecule has 0 unspecified atom stereocenters. The predicted molar refractivity (Wildman–Crippen MR) is 108 cm³/mol. The molecule has 0 aliphatic heterocycles. The Kier molecular flexibility index (Phi) is 3.10. The van der Waals surface area contributed by atoms with Gasteiger partial charge >= 0.3 is 0 Å². The Hall–Kier alpha value is -3.99. The SMILES string of the molecule is c1cncc(-[n+]2cc(-n3c4ccccc4c4c5occc5ccc43)ccn2)c1. The van der Waals surface area contributed by atoms with Crippen molar-refractivity contribution in [3.05, 3.63) is 91.7 Å². The molecule has 0 amide bonds. The van der Waals surface area contributed by atoms with Crippen molar-refractivity contribution < 1.29 is 9.10 Å². The second-order valence-electron chi connectivity index (χ2n) is 6.69. The number of fused-ring (bicyclic) bond motifs is 5. The van der Waals surface area contributed by atoms with Gasteiger partial charge in [0.15, 0.2) is 0 Å². The highest BCUT2D eigenvalue weighted by atomic mass is 16.3. The molecule has 0 spiro atoms. The molecule has 0 radical (unpaired) electrons. The fraction of sp³-hybridized carbons (Fsp3) is 0. The second-order valence-corrected chi connectivity index (χ2v) is 6.69. The third-order valence-corrected chi connectivity index (χ3v) is 5.11. The maximum Gasteiger partial charge on any atom is 0.256 e. The van der Waals surface area contributed by atoms with Crippen LogP contribution in [0.4, 0.5) is 0 Å². The molecule has 0 fully saturated rings.